The molecule has 0 bridgehead atoms. The largest absolute Gasteiger partial charge is 0.307 e. The molecule has 2 aromatic heterocycles. The maximum absolute atomic E-state index is 12.1. The summed E-state index contributed by atoms with van der Waals surface area (Å²) in [6, 6.07) is 12.5. The average Bonchev–Trinajstić information content (AvgIpc) is 3.22. The number of hydrogen-bond acceptors (Lipinski definition) is 4. The van der Waals surface area contributed by atoms with Crippen molar-refractivity contribution in [2.45, 2.75) is 51.7 Å². The second kappa shape index (κ2) is 8.52. The van der Waals surface area contributed by atoms with Crippen molar-refractivity contribution in [3.05, 3.63) is 70.4 Å². The van der Waals surface area contributed by atoms with Crippen LogP contribution in [0.25, 0.3) is 11.4 Å². The molecule has 3 aromatic rings. The van der Waals surface area contributed by atoms with Gasteiger partial charge in [0, 0.05) is 49.6 Å². The minimum atomic E-state index is -0.119. The molecule has 6 heteroatoms. The first-order chi connectivity index (χ1) is 13.7. The smallest absolute Gasteiger partial charge is 0.251 e. The molecule has 0 spiro atoms. The van der Waals surface area contributed by atoms with E-state index >= 15 is 0 Å². The van der Waals surface area contributed by atoms with Gasteiger partial charge in [-0.2, -0.15) is 5.10 Å². The van der Waals surface area contributed by atoms with E-state index in [1.165, 1.54) is 31.4 Å². The molecule has 1 fully saturated rings. The van der Waals surface area contributed by atoms with Crippen molar-refractivity contribution >= 4 is 0 Å². The fourth-order valence-corrected chi connectivity index (χ4v) is 3.83. The Morgan fingerprint density at radius 1 is 1.21 bits per heavy atom. The Bertz CT molecular complexity index is 946. The number of nitrogens with one attached hydrogen (secondary N) is 1. The highest BCUT2D eigenvalue weighted by molar-refractivity contribution is 5.55. The molecule has 1 atom stereocenters. The fourth-order valence-electron chi connectivity index (χ4n) is 3.83. The number of aromatic amines is 1. The number of likely N-dealkylation sites (tertiary alicyclic amines) is 1. The van der Waals surface area contributed by atoms with Gasteiger partial charge in [-0.3, -0.25) is 14.4 Å². The van der Waals surface area contributed by atoms with Crippen LogP contribution < -0.4 is 5.56 Å². The number of hydrogen-bond donors (Lipinski definition) is 1. The zero-order chi connectivity index (χ0) is 19.3. The van der Waals surface area contributed by atoms with Crippen LogP contribution >= 0.6 is 0 Å². The van der Waals surface area contributed by atoms with E-state index in [4.69, 9.17) is 0 Å². The van der Waals surface area contributed by atoms with Gasteiger partial charge in [0.25, 0.3) is 5.56 Å². The van der Waals surface area contributed by atoms with Crippen LogP contribution in [0.4, 0.5) is 0 Å². The van der Waals surface area contributed by atoms with Gasteiger partial charge in [0.15, 0.2) is 0 Å². The van der Waals surface area contributed by atoms with E-state index in [2.05, 4.69) is 51.2 Å². The molecular weight excluding hydrogens is 350 g/mol. The highest BCUT2D eigenvalue weighted by Gasteiger charge is 2.18. The summed E-state index contributed by atoms with van der Waals surface area (Å²) < 4.78 is 1.85. The Hall–Kier alpha value is -2.73. The average molecular weight is 377 g/mol. The Labute approximate surface area is 165 Å². The van der Waals surface area contributed by atoms with Gasteiger partial charge in [0.1, 0.15) is 5.82 Å². The highest BCUT2D eigenvalue weighted by atomic mass is 16.1. The molecule has 146 valence electrons. The van der Waals surface area contributed by atoms with Crippen molar-refractivity contribution in [1.29, 1.82) is 0 Å². The summed E-state index contributed by atoms with van der Waals surface area (Å²) in [7, 11) is 0. The molecular formula is C22H27N5O. The van der Waals surface area contributed by atoms with Crippen molar-refractivity contribution in [2.75, 3.05) is 6.54 Å². The predicted octanol–water partition coefficient (Wildman–Crippen LogP) is 3.25. The summed E-state index contributed by atoms with van der Waals surface area (Å²) in [5, 5.41) is 4.20. The molecule has 6 nitrogen and oxygen atoms in total. The molecule has 0 aliphatic carbocycles. The van der Waals surface area contributed by atoms with Gasteiger partial charge in [-0.25, -0.2) is 4.98 Å². The molecule has 1 aromatic carbocycles. The molecule has 0 radical (unpaired) electrons. The van der Waals surface area contributed by atoms with E-state index in [0.717, 1.165) is 17.8 Å². The van der Waals surface area contributed by atoms with E-state index in [1.54, 1.807) is 12.3 Å². The third kappa shape index (κ3) is 4.57. The maximum Gasteiger partial charge on any atom is 0.251 e. The minimum absolute atomic E-state index is 0.119. The summed E-state index contributed by atoms with van der Waals surface area (Å²) in [5.41, 5.74) is 2.90. The Balaban J connectivity index is 1.46. The van der Waals surface area contributed by atoms with Crippen molar-refractivity contribution < 1.29 is 0 Å². The Morgan fingerprint density at radius 2 is 2.07 bits per heavy atom. The fraction of sp³-hybridized carbons (Fsp3) is 0.409. The van der Waals surface area contributed by atoms with E-state index in [-0.39, 0.29) is 5.56 Å². The van der Waals surface area contributed by atoms with Crippen molar-refractivity contribution in [1.82, 2.24) is 24.6 Å². The van der Waals surface area contributed by atoms with E-state index in [9.17, 15) is 4.79 Å². The van der Waals surface area contributed by atoms with E-state index < -0.39 is 0 Å². The minimum Gasteiger partial charge on any atom is -0.307 e. The van der Waals surface area contributed by atoms with Crippen LogP contribution in [0.1, 0.15) is 37.4 Å². The molecule has 1 aliphatic heterocycles. The molecule has 3 heterocycles. The normalized spacial score (nSPS) is 17.7. The second-order valence-corrected chi connectivity index (χ2v) is 7.62. The summed E-state index contributed by atoms with van der Waals surface area (Å²) in [6.45, 7) is 5.18. The number of nitrogens with zero attached hydrogens (tertiary/aromatic N) is 4. The molecule has 0 amide bonds. The SMILES string of the molecule is C[C@@H]1CCCCN1Cc1ccc(-c2nc(CCn3cccn3)cc(=O)[nH]2)cc1. The third-order valence-electron chi connectivity index (χ3n) is 5.50. The number of H-pyrrole nitrogens is 1. The van der Waals surface area contributed by atoms with E-state index in [1.807, 2.05) is 16.9 Å². The monoisotopic (exact) mass is 377 g/mol. The number of aromatic nitrogens is 4. The van der Waals surface area contributed by atoms with Gasteiger partial charge in [0.2, 0.25) is 0 Å². The van der Waals surface area contributed by atoms with Crippen LogP contribution in [0.3, 0.4) is 0 Å². The molecule has 4 rings (SSSR count). The molecule has 1 N–H and O–H groups in total. The first-order valence-corrected chi connectivity index (χ1v) is 10.1. The van der Waals surface area contributed by atoms with Crippen molar-refractivity contribution in [3.8, 4) is 11.4 Å². The lowest BCUT2D eigenvalue weighted by atomic mass is 10.0. The zero-order valence-corrected chi connectivity index (χ0v) is 16.3. The van der Waals surface area contributed by atoms with E-state index in [0.29, 0.717) is 24.8 Å². The summed E-state index contributed by atoms with van der Waals surface area (Å²) in [5.74, 6) is 0.626. The predicted molar refractivity (Wildman–Crippen MR) is 110 cm³/mol. The second-order valence-electron chi connectivity index (χ2n) is 7.62. The maximum atomic E-state index is 12.1. The third-order valence-corrected chi connectivity index (χ3v) is 5.50. The standard InChI is InChI=1S/C22H27N5O/c1-17-5-2-3-12-26(17)16-18-6-8-19(9-7-18)22-24-20(15-21(28)25-22)10-14-27-13-4-11-23-27/h4,6-9,11,13,15,17H,2-3,5,10,12,14,16H2,1H3,(H,24,25,28)/t17-/m1/s1. The van der Waals surface area contributed by atoms with Gasteiger partial charge in [-0.1, -0.05) is 30.7 Å². The summed E-state index contributed by atoms with van der Waals surface area (Å²) in [6.07, 6.45) is 8.25. The number of benzene rings is 1. The Kier molecular flexibility index (Phi) is 5.67. The van der Waals surface area contributed by atoms with Crippen molar-refractivity contribution in [3.63, 3.8) is 0 Å². The number of rotatable bonds is 6. The van der Waals surface area contributed by atoms with Crippen LogP contribution in [0.2, 0.25) is 0 Å². The summed E-state index contributed by atoms with van der Waals surface area (Å²) in [4.78, 5) is 22.2. The lowest BCUT2D eigenvalue weighted by molar-refractivity contribution is 0.152. The molecule has 0 unspecified atom stereocenters. The van der Waals surface area contributed by atoms with Gasteiger partial charge >= 0.3 is 0 Å². The number of piperidine rings is 1. The first-order valence-electron chi connectivity index (χ1n) is 10.1. The lowest BCUT2D eigenvalue weighted by Crippen LogP contribution is -2.36. The van der Waals surface area contributed by atoms with Crippen LogP contribution in [0, 0.1) is 0 Å². The van der Waals surface area contributed by atoms with Crippen LogP contribution in [0.5, 0.6) is 0 Å². The van der Waals surface area contributed by atoms with Crippen molar-refractivity contribution in [2.24, 2.45) is 0 Å². The first kappa shape index (κ1) is 18.6. The number of aryl methyl sites for hydroxylation is 2. The van der Waals surface area contributed by atoms with Gasteiger partial charge in [-0.15, -0.1) is 0 Å². The molecule has 1 aliphatic rings. The molecule has 0 saturated carbocycles. The molecule has 1 saturated heterocycles. The van der Waals surface area contributed by atoms with Gasteiger partial charge < -0.3 is 4.98 Å². The lowest BCUT2D eigenvalue weighted by Gasteiger charge is -2.33. The summed E-state index contributed by atoms with van der Waals surface area (Å²) >= 11 is 0. The van der Waals surface area contributed by atoms with Crippen LogP contribution in [0.15, 0.2) is 53.6 Å². The van der Waals surface area contributed by atoms with Gasteiger partial charge in [-0.05, 0) is 37.9 Å². The van der Waals surface area contributed by atoms with Crippen LogP contribution in [-0.4, -0.2) is 37.2 Å². The topological polar surface area (TPSA) is 66.8 Å². The van der Waals surface area contributed by atoms with Crippen LogP contribution in [-0.2, 0) is 19.5 Å². The quantitative estimate of drug-likeness (QED) is 0.716. The zero-order valence-electron chi connectivity index (χ0n) is 16.3. The molecule has 28 heavy (non-hydrogen) atoms. The highest BCUT2D eigenvalue weighted by Crippen LogP contribution is 2.21. The van der Waals surface area contributed by atoms with Gasteiger partial charge in [0.05, 0.1) is 5.69 Å². The Morgan fingerprint density at radius 3 is 2.82 bits per heavy atom.